The summed E-state index contributed by atoms with van der Waals surface area (Å²) in [6.45, 7) is 2.50. The lowest BCUT2D eigenvalue weighted by molar-refractivity contribution is -0.128. The zero-order valence-corrected chi connectivity index (χ0v) is 10.6. The number of hydrogen-bond donors (Lipinski definition) is 2. The van der Waals surface area contributed by atoms with E-state index >= 15 is 0 Å². The maximum atomic E-state index is 12.6. The number of amides is 3. The first-order valence-corrected chi connectivity index (χ1v) is 6.11. The number of hydrogen-bond acceptors (Lipinski definition) is 4. The summed E-state index contributed by atoms with van der Waals surface area (Å²) in [4.78, 5) is 25.8. The molecule has 6 heteroatoms. The van der Waals surface area contributed by atoms with E-state index in [0.717, 1.165) is 4.90 Å². The Bertz CT molecular complexity index is 560. The minimum Gasteiger partial charge on any atom is -0.399 e. The molecule has 2 unspecified atom stereocenters. The molecular formula is C13H15N3O3. The highest BCUT2D eigenvalue weighted by atomic mass is 16.5. The molecule has 3 N–H and O–H groups in total. The number of urea groups is 1. The predicted molar refractivity (Wildman–Crippen MR) is 69.6 cm³/mol. The predicted octanol–water partition coefficient (Wildman–Crippen LogP) is 0.730. The van der Waals surface area contributed by atoms with Gasteiger partial charge in [-0.25, -0.2) is 9.69 Å². The third kappa shape index (κ3) is 1.67. The summed E-state index contributed by atoms with van der Waals surface area (Å²) in [5.74, 6) is -0.246. The molecule has 2 fully saturated rings. The van der Waals surface area contributed by atoms with Gasteiger partial charge in [0.1, 0.15) is 0 Å². The van der Waals surface area contributed by atoms with Gasteiger partial charge in [-0.15, -0.1) is 0 Å². The number of benzene rings is 1. The van der Waals surface area contributed by atoms with Crippen molar-refractivity contribution in [2.45, 2.75) is 13.0 Å². The summed E-state index contributed by atoms with van der Waals surface area (Å²) < 4.78 is 5.33. The van der Waals surface area contributed by atoms with Gasteiger partial charge < -0.3 is 15.8 Å². The maximum absolute atomic E-state index is 12.6. The summed E-state index contributed by atoms with van der Waals surface area (Å²) in [5, 5.41) is 2.82. The average molecular weight is 261 g/mol. The molecule has 3 amide bonds. The monoisotopic (exact) mass is 261 g/mol. The van der Waals surface area contributed by atoms with Crippen LogP contribution in [0.25, 0.3) is 0 Å². The number of nitrogens with one attached hydrogen (secondary N) is 1. The molecule has 3 rings (SSSR count). The first-order chi connectivity index (χ1) is 9.02. The second kappa shape index (κ2) is 3.96. The number of fused-ring (bicyclic) bond motifs is 1. The van der Waals surface area contributed by atoms with Crippen LogP contribution in [0, 0.1) is 5.41 Å². The van der Waals surface area contributed by atoms with Crippen molar-refractivity contribution >= 4 is 23.3 Å². The van der Waals surface area contributed by atoms with E-state index in [1.807, 2.05) is 6.92 Å². The van der Waals surface area contributed by atoms with Crippen LogP contribution in [0.15, 0.2) is 24.3 Å². The van der Waals surface area contributed by atoms with Gasteiger partial charge >= 0.3 is 6.03 Å². The standard InChI is InChI=1S/C13H15N3O3/c1-13-7-19-6-10(13)15-12(18)16(11(13)17)9-4-2-3-8(14)5-9/h2-5,10H,6-7,14H2,1H3,(H,15,18). The van der Waals surface area contributed by atoms with Crippen molar-refractivity contribution in [1.29, 1.82) is 0 Å². The van der Waals surface area contributed by atoms with Crippen LogP contribution in [-0.2, 0) is 9.53 Å². The zero-order chi connectivity index (χ0) is 13.6. The molecule has 0 aromatic heterocycles. The van der Waals surface area contributed by atoms with Gasteiger partial charge in [0, 0.05) is 5.69 Å². The molecule has 1 aromatic rings. The Morgan fingerprint density at radius 3 is 3.00 bits per heavy atom. The van der Waals surface area contributed by atoms with Crippen molar-refractivity contribution in [2.24, 2.45) is 5.41 Å². The second-order valence-corrected chi connectivity index (χ2v) is 5.17. The van der Waals surface area contributed by atoms with Crippen LogP contribution in [0.1, 0.15) is 6.92 Å². The summed E-state index contributed by atoms with van der Waals surface area (Å²) in [6, 6.07) is 6.03. The van der Waals surface area contributed by atoms with E-state index in [2.05, 4.69) is 5.32 Å². The topological polar surface area (TPSA) is 84.7 Å². The van der Waals surface area contributed by atoms with Crippen LogP contribution >= 0.6 is 0 Å². The lowest BCUT2D eigenvalue weighted by Gasteiger charge is -2.39. The Balaban J connectivity index is 2.02. The Morgan fingerprint density at radius 2 is 2.26 bits per heavy atom. The fraction of sp³-hybridized carbons (Fsp3) is 0.385. The molecular weight excluding hydrogens is 246 g/mol. The highest BCUT2D eigenvalue weighted by molar-refractivity contribution is 6.18. The van der Waals surface area contributed by atoms with Gasteiger partial charge in [0.05, 0.1) is 30.4 Å². The van der Waals surface area contributed by atoms with Crippen LogP contribution < -0.4 is 16.0 Å². The minimum atomic E-state index is -0.710. The Hall–Kier alpha value is -2.08. The Morgan fingerprint density at radius 1 is 1.47 bits per heavy atom. The number of carbonyl (C=O) groups excluding carboxylic acids is 2. The van der Waals surface area contributed by atoms with E-state index in [1.165, 1.54) is 0 Å². The normalized spacial score (nSPS) is 30.2. The molecule has 0 spiro atoms. The van der Waals surface area contributed by atoms with Gasteiger partial charge in [0.2, 0.25) is 5.91 Å². The molecule has 0 saturated carbocycles. The number of nitrogen functional groups attached to an aromatic ring is 1. The fourth-order valence-corrected chi connectivity index (χ4v) is 2.54. The van der Waals surface area contributed by atoms with Crippen molar-refractivity contribution in [3.63, 3.8) is 0 Å². The van der Waals surface area contributed by atoms with Gasteiger partial charge in [-0.2, -0.15) is 0 Å². The zero-order valence-electron chi connectivity index (χ0n) is 10.6. The summed E-state index contributed by atoms with van der Waals surface area (Å²) in [5.41, 5.74) is 5.98. The molecule has 0 bridgehead atoms. The van der Waals surface area contributed by atoms with Gasteiger partial charge in [-0.05, 0) is 25.1 Å². The molecule has 2 saturated heterocycles. The van der Waals surface area contributed by atoms with E-state index < -0.39 is 11.4 Å². The summed E-state index contributed by atoms with van der Waals surface area (Å²) >= 11 is 0. The third-order valence-corrected chi connectivity index (χ3v) is 3.78. The average Bonchev–Trinajstić information content (AvgIpc) is 2.72. The maximum Gasteiger partial charge on any atom is 0.329 e. The molecule has 2 aliphatic rings. The fourth-order valence-electron chi connectivity index (χ4n) is 2.54. The van der Waals surface area contributed by atoms with E-state index in [1.54, 1.807) is 24.3 Å². The third-order valence-electron chi connectivity index (χ3n) is 3.78. The molecule has 2 aliphatic heterocycles. The number of nitrogens with zero attached hydrogens (tertiary/aromatic N) is 1. The van der Waals surface area contributed by atoms with E-state index in [-0.39, 0.29) is 11.9 Å². The first-order valence-electron chi connectivity index (χ1n) is 6.11. The molecule has 0 aliphatic carbocycles. The lowest BCUT2D eigenvalue weighted by Crippen LogP contribution is -2.64. The van der Waals surface area contributed by atoms with Crippen molar-refractivity contribution in [3.8, 4) is 0 Å². The Kier molecular flexibility index (Phi) is 2.50. The van der Waals surface area contributed by atoms with Crippen LogP contribution in [-0.4, -0.2) is 31.2 Å². The van der Waals surface area contributed by atoms with Crippen LogP contribution in [0.5, 0.6) is 0 Å². The number of carbonyl (C=O) groups is 2. The number of imide groups is 1. The molecule has 0 radical (unpaired) electrons. The number of rotatable bonds is 1. The van der Waals surface area contributed by atoms with Gasteiger partial charge in [0.15, 0.2) is 0 Å². The van der Waals surface area contributed by atoms with Crippen LogP contribution in [0.3, 0.4) is 0 Å². The van der Waals surface area contributed by atoms with Gasteiger partial charge in [-0.3, -0.25) is 4.79 Å². The minimum absolute atomic E-state index is 0.246. The van der Waals surface area contributed by atoms with E-state index in [9.17, 15) is 9.59 Å². The SMILES string of the molecule is CC12COCC1NC(=O)N(c1cccc(N)c1)C2=O. The molecule has 6 nitrogen and oxygen atoms in total. The molecule has 1 aromatic carbocycles. The van der Waals surface area contributed by atoms with Crippen molar-refractivity contribution in [1.82, 2.24) is 5.32 Å². The quantitative estimate of drug-likeness (QED) is 0.730. The highest BCUT2D eigenvalue weighted by Gasteiger charge is 2.54. The number of nitrogens with two attached hydrogens (primary N) is 1. The molecule has 2 atom stereocenters. The smallest absolute Gasteiger partial charge is 0.329 e. The van der Waals surface area contributed by atoms with Gasteiger partial charge in [-0.1, -0.05) is 6.07 Å². The first kappa shape index (κ1) is 12.0. The second-order valence-electron chi connectivity index (χ2n) is 5.17. The van der Waals surface area contributed by atoms with Crippen molar-refractivity contribution in [3.05, 3.63) is 24.3 Å². The number of anilines is 2. The summed E-state index contributed by atoms with van der Waals surface area (Å²) in [6.07, 6.45) is 0. The molecule has 19 heavy (non-hydrogen) atoms. The number of ether oxygens (including phenoxy) is 1. The highest BCUT2D eigenvalue weighted by Crippen LogP contribution is 2.36. The van der Waals surface area contributed by atoms with Crippen molar-refractivity contribution in [2.75, 3.05) is 23.8 Å². The van der Waals surface area contributed by atoms with E-state index in [4.69, 9.17) is 10.5 Å². The lowest BCUT2D eigenvalue weighted by atomic mass is 9.82. The largest absolute Gasteiger partial charge is 0.399 e. The summed E-state index contributed by atoms with van der Waals surface area (Å²) in [7, 11) is 0. The van der Waals surface area contributed by atoms with Gasteiger partial charge in [0.25, 0.3) is 0 Å². The van der Waals surface area contributed by atoms with Crippen LogP contribution in [0.4, 0.5) is 16.2 Å². The molecule has 100 valence electrons. The van der Waals surface area contributed by atoms with Crippen molar-refractivity contribution < 1.29 is 14.3 Å². The Labute approximate surface area is 110 Å². The van der Waals surface area contributed by atoms with Crippen LogP contribution in [0.2, 0.25) is 0 Å². The van der Waals surface area contributed by atoms with E-state index in [0.29, 0.717) is 24.6 Å². The molecule has 2 heterocycles.